The van der Waals surface area contributed by atoms with Crippen LogP contribution in [0.4, 0.5) is 0 Å². The number of hydrogen-bond donors (Lipinski definition) is 1. The van der Waals surface area contributed by atoms with Gasteiger partial charge in [0.15, 0.2) is 0 Å². The lowest BCUT2D eigenvalue weighted by Crippen LogP contribution is -2.11. The highest BCUT2D eigenvalue weighted by atomic mass is 32.1. The molecule has 0 unspecified atom stereocenters. The minimum absolute atomic E-state index is 0.131. The molecule has 1 heterocycles. The highest BCUT2D eigenvalue weighted by molar-refractivity contribution is 7.17. The third-order valence-electron chi connectivity index (χ3n) is 1.70. The van der Waals surface area contributed by atoms with E-state index in [1.54, 1.807) is 11.3 Å². The number of benzene rings is 1. The molecule has 2 rings (SSSR count). The predicted octanol–water partition coefficient (Wildman–Crippen LogP) is 0.870. The molecule has 11 heavy (non-hydrogen) atoms. The van der Waals surface area contributed by atoms with Crippen LogP contribution in [-0.4, -0.2) is 12.5 Å². The van der Waals surface area contributed by atoms with E-state index in [0.717, 1.165) is 5.46 Å². The molecule has 0 atom stereocenters. The van der Waals surface area contributed by atoms with E-state index in [2.05, 4.69) is 11.4 Å². The number of hydrogen-bond acceptors (Lipinski definition) is 2. The first kappa shape index (κ1) is 6.89. The quantitative estimate of drug-likeness (QED) is 0.617. The molecule has 0 bridgehead atoms. The van der Waals surface area contributed by atoms with Crippen molar-refractivity contribution in [2.24, 2.45) is 0 Å². The fraction of sp³-hybridized carbons (Fsp3) is 0. The van der Waals surface area contributed by atoms with Gasteiger partial charge in [0.1, 0.15) is 0 Å². The molecule has 0 aliphatic carbocycles. The van der Waals surface area contributed by atoms with Gasteiger partial charge < -0.3 is 5.02 Å². The van der Waals surface area contributed by atoms with Crippen molar-refractivity contribution in [1.29, 1.82) is 0 Å². The number of fused-ring (bicyclic) bond motifs is 1. The lowest BCUT2D eigenvalue weighted by Gasteiger charge is -1.92. The second kappa shape index (κ2) is 2.68. The minimum Gasteiger partial charge on any atom is -0.449 e. The average molecular weight is 162 g/mol. The normalized spacial score (nSPS) is 10.3. The first-order valence-corrected chi connectivity index (χ1v) is 4.35. The Morgan fingerprint density at radius 3 is 3.00 bits per heavy atom. The van der Waals surface area contributed by atoms with Crippen LogP contribution in [-0.2, 0) is 0 Å². The van der Waals surface area contributed by atoms with Crippen LogP contribution < -0.4 is 5.46 Å². The molecule has 1 N–H and O–H groups in total. The molecule has 1 nitrogen and oxygen atoms in total. The Morgan fingerprint density at radius 2 is 2.18 bits per heavy atom. The highest BCUT2D eigenvalue weighted by Gasteiger charge is 1.96. The van der Waals surface area contributed by atoms with Crippen molar-refractivity contribution in [1.82, 2.24) is 0 Å². The summed E-state index contributed by atoms with van der Waals surface area (Å²) in [6.07, 6.45) is 0. The van der Waals surface area contributed by atoms with Gasteiger partial charge in [-0.15, -0.1) is 11.3 Å². The summed E-state index contributed by atoms with van der Waals surface area (Å²) in [5.74, 6) is 0. The minimum atomic E-state index is 0.131. The van der Waals surface area contributed by atoms with Crippen LogP contribution in [0.3, 0.4) is 0 Å². The molecule has 0 aliphatic rings. The van der Waals surface area contributed by atoms with Crippen LogP contribution >= 0.6 is 11.3 Å². The summed E-state index contributed by atoms with van der Waals surface area (Å²) < 4.78 is 1.28. The van der Waals surface area contributed by atoms with Crippen LogP contribution in [0.2, 0.25) is 0 Å². The van der Waals surface area contributed by atoms with Crippen LogP contribution in [0.1, 0.15) is 0 Å². The van der Waals surface area contributed by atoms with Gasteiger partial charge >= 0.3 is 7.48 Å². The zero-order chi connectivity index (χ0) is 7.68. The third kappa shape index (κ3) is 1.17. The van der Waals surface area contributed by atoms with Crippen molar-refractivity contribution < 1.29 is 5.02 Å². The fourth-order valence-electron chi connectivity index (χ4n) is 1.11. The molecule has 3 heteroatoms. The van der Waals surface area contributed by atoms with Crippen molar-refractivity contribution in [2.45, 2.75) is 0 Å². The van der Waals surface area contributed by atoms with Gasteiger partial charge in [-0.1, -0.05) is 17.6 Å². The number of rotatable bonds is 1. The summed E-state index contributed by atoms with van der Waals surface area (Å²) >= 11 is 1.72. The van der Waals surface area contributed by atoms with Gasteiger partial charge in [-0.05, 0) is 22.9 Å². The van der Waals surface area contributed by atoms with Crippen molar-refractivity contribution in [3.63, 3.8) is 0 Å². The largest absolute Gasteiger partial charge is 0.449 e. The molecule has 0 amide bonds. The summed E-state index contributed by atoms with van der Waals surface area (Å²) in [4.78, 5) is 0. The predicted molar refractivity (Wildman–Crippen MR) is 50.8 cm³/mol. The highest BCUT2D eigenvalue weighted by Crippen LogP contribution is 2.18. The zero-order valence-electron chi connectivity index (χ0n) is 5.95. The number of thiophene rings is 1. The van der Waals surface area contributed by atoms with E-state index in [-0.39, 0.29) is 7.48 Å². The van der Waals surface area contributed by atoms with Crippen LogP contribution in [0.5, 0.6) is 0 Å². The summed E-state index contributed by atoms with van der Waals surface area (Å²) in [5.41, 5.74) is 0.982. The van der Waals surface area contributed by atoms with E-state index < -0.39 is 0 Å². The molecule has 54 valence electrons. The molecule has 0 fully saturated rings. The van der Waals surface area contributed by atoms with Crippen molar-refractivity contribution in [3.8, 4) is 0 Å². The van der Waals surface area contributed by atoms with E-state index in [1.165, 1.54) is 10.1 Å². The van der Waals surface area contributed by atoms with Crippen molar-refractivity contribution in [2.75, 3.05) is 0 Å². The van der Waals surface area contributed by atoms with E-state index in [0.29, 0.717) is 0 Å². The first-order chi connectivity index (χ1) is 5.40. The van der Waals surface area contributed by atoms with Gasteiger partial charge in [0.05, 0.1) is 0 Å². The Hall–Kier alpha value is -0.795. The van der Waals surface area contributed by atoms with E-state index >= 15 is 0 Å². The SMILES string of the molecule is OBc1ccc2sccc2c1. The molecule has 2 aromatic rings. The smallest absolute Gasteiger partial charge is 0.304 e. The van der Waals surface area contributed by atoms with Gasteiger partial charge in [0, 0.05) is 4.70 Å². The van der Waals surface area contributed by atoms with E-state index in [9.17, 15) is 0 Å². The standard InChI is InChI=1S/C8H7BOS/c10-9-7-1-2-8-6(5-7)3-4-11-8/h1-5,9-10H. The summed E-state index contributed by atoms with van der Waals surface area (Å²) in [6.45, 7) is 0. The molecule has 0 spiro atoms. The Balaban J connectivity index is 2.67. The monoisotopic (exact) mass is 162 g/mol. The molecule has 1 aromatic carbocycles. The Bertz CT molecular complexity index is 369. The van der Waals surface area contributed by atoms with Gasteiger partial charge in [-0.25, -0.2) is 0 Å². The topological polar surface area (TPSA) is 20.2 Å². The lowest BCUT2D eigenvalue weighted by molar-refractivity contribution is 0.615. The third-order valence-corrected chi connectivity index (χ3v) is 2.60. The van der Waals surface area contributed by atoms with Crippen molar-refractivity contribution >= 4 is 34.4 Å². The maximum atomic E-state index is 8.84. The van der Waals surface area contributed by atoms with E-state index in [4.69, 9.17) is 5.02 Å². The summed E-state index contributed by atoms with van der Waals surface area (Å²) in [5, 5.41) is 12.1. The van der Waals surface area contributed by atoms with Gasteiger partial charge in [-0.2, -0.15) is 0 Å². The maximum absolute atomic E-state index is 8.84. The molecule has 0 saturated carbocycles. The Morgan fingerprint density at radius 1 is 1.27 bits per heavy atom. The Kier molecular flexibility index (Phi) is 1.68. The molecular weight excluding hydrogens is 155 g/mol. The molecule has 0 aliphatic heterocycles. The summed E-state index contributed by atoms with van der Waals surface area (Å²) in [7, 11) is 0.131. The van der Waals surface area contributed by atoms with Crippen LogP contribution in [0.15, 0.2) is 29.6 Å². The van der Waals surface area contributed by atoms with Crippen LogP contribution in [0, 0.1) is 0 Å². The van der Waals surface area contributed by atoms with Gasteiger partial charge in [0.2, 0.25) is 0 Å². The second-order valence-corrected chi connectivity index (χ2v) is 3.40. The van der Waals surface area contributed by atoms with Gasteiger partial charge in [0.25, 0.3) is 0 Å². The van der Waals surface area contributed by atoms with E-state index in [1.807, 2.05) is 18.2 Å². The van der Waals surface area contributed by atoms with Crippen LogP contribution in [0.25, 0.3) is 10.1 Å². The van der Waals surface area contributed by atoms with Gasteiger partial charge in [-0.3, -0.25) is 0 Å². The van der Waals surface area contributed by atoms with Crippen molar-refractivity contribution in [3.05, 3.63) is 29.6 Å². The molecule has 0 saturated heterocycles. The summed E-state index contributed by atoms with van der Waals surface area (Å²) in [6, 6.07) is 8.09. The lowest BCUT2D eigenvalue weighted by atomic mass is 9.88. The maximum Gasteiger partial charge on any atom is 0.304 e. The molecular formula is C8H7BOS. The molecule has 1 aromatic heterocycles. The first-order valence-electron chi connectivity index (χ1n) is 3.47. The zero-order valence-corrected chi connectivity index (χ0v) is 6.77. The average Bonchev–Trinajstić information content (AvgIpc) is 2.50. The molecule has 0 radical (unpaired) electrons. The Labute approximate surface area is 69.6 Å². The fourth-order valence-corrected chi connectivity index (χ4v) is 1.89. The second-order valence-electron chi connectivity index (χ2n) is 2.45.